The summed E-state index contributed by atoms with van der Waals surface area (Å²) < 4.78 is 46.9. The molecule has 2 aromatic rings. The molecule has 5 heteroatoms. The van der Waals surface area contributed by atoms with Gasteiger partial charge in [0.2, 0.25) is 0 Å². The Morgan fingerprint density at radius 1 is 0.541 bits per heavy atom. The molecule has 2 aliphatic carbocycles. The van der Waals surface area contributed by atoms with E-state index < -0.39 is 43.6 Å². The minimum atomic E-state index is -4.98. The van der Waals surface area contributed by atoms with Crippen LogP contribution < -0.4 is 5.63 Å². The van der Waals surface area contributed by atoms with E-state index in [1.807, 2.05) is 0 Å². The van der Waals surface area contributed by atoms with Gasteiger partial charge < -0.3 is 0 Å². The second kappa shape index (κ2) is 9.49. The standard InChI is InChI=1S/2C10H15.2C6H5FO.Zr/c2*1-7-6-10(4,5)9(3)8(7)2;2*7-5-3-1-2-4-6(5)8;/h2*1-5H3;2*1-4,8H;/q;;;;+2/p-2. The molecular formula is C32H38F2O2Zr. The molecule has 0 atom stereocenters. The van der Waals surface area contributed by atoms with Crippen molar-refractivity contribution in [1.82, 2.24) is 0 Å². The maximum atomic E-state index is 15.3. The van der Waals surface area contributed by atoms with Crippen LogP contribution in [0, 0.1) is 22.5 Å². The number of halogens is 2. The molecule has 0 amide bonds. The molecule has 0 saturated heterocycles. The quantitative estimate of drug-likeness (QED) is 0.337. The Morgan fingerprint density at radius 2 is 0.865 bits per heavy atom. The van der Waals surface area contributed by atoms with Crippen molar-refractivity contribution in [1.29, 1.82) is 0 Å². The average Bonchev–Trinajstić information content (AvgIpc) is 3.09. The molecule has 0 heterocycles. The van der Waals surface area contributed by atoms with Crippen LogP contribution in [0.5, 0.6) is 11.5 Å². The van der Waals surface area contributed by atoms with Crippen LogP contribution in [-0.4, -0.2) is 0 Å². The molecule has 0 saturated carbocycles. The Labute approximate surface area is 226 Å². The average molecular weight is 584 g/mol. The molecule has 2 nitrogen and oxygen atoms in total. The Morgan fingerprint density at radius 3 is 1.14 bits per heavy atom. The van der Waals surface area contributed by atoms with Gasteiger partial charge in [-0.05, 0) is 0 Å². The fraction of sp³-hybridized carbons (Fsp3) is 0.375. The van der Waals surface area contributed by atoms with Gasteiger partial charge in [0.25, 0.3) is 0 Å². The monoisotopic (exact) mass is 582 g/mol. The van der Waals surface area contributed by atoms with Crippen molar-refractivity contribution in [3.63, 3.8) is 0 Å². The number of allylic oxidation sites excluding steroid dienone is 8. The van der Waals surface area contributed by atoms with Crippen LogP contribution >= 0.6 is 0 Å². The zero-order valence-electron chi connectivity index (χ0n) is 23.7. The first-order valence-electron chi connectivity index (χ1n) is 12.8. The van der Waals surface area contributed by atoms with Crippen LogP contribution in [0.3, 0.4) is 0 Å². The number of benzene rings is 2. The molecular weight excluding hydrogens is 546 g/mol. The van der Waals surface area contributed by atoms with E-state index in [0.717, 1.165) is 17.7 Å². The molecule has 0 aliphatic heterocycles. The number of hydrogen-bond donors (Lipinski definition) is 0. The van der Waals surface area contributed by atoms with E-state index in [2.05, 4.69) is 69.2 Å². The van der Waals surface area contributed by atoms with Crippen molar-refractivity contribution in [2.45, 2.75) is 69.2 Å². The molecule has 0 spiro atoms. The van der Waals surface area contributed by atoms with E-state index in [1.165, 1.54) is 34.4 Å². The molecule has 0 fully saturated rings. The van der Waals surface area contributed by atoms with Crippen molar-refractivity contribution in [2.75, 3.05) is 0 Å². The van der Waals surface area contributed by atoms with Crippen LogP contribution in [-0.2, 0) is 21.1 Å². The molecule has 2 aliphatic rings. The van der Waals surface area contributed by atoms with E-state index in [9.17, 15) is 0 Å². The Kier molecular flexibility index (Phi) is 7.12. The normalized spacial score (nSPS) is 19.4. The molecule has 0 radical (unpaired) electrons. The fourth-order valence-corrected chi connectivity index (χ4v) is 18.6. The zero-order valence-corrected chi connectivity index (χ0v) is 26.1. The molecule has 2 aromatic carbocycles. The van der Waals surface area contributed by atoms with Gasteiger partial charge in [-0.25, -0.2) is 0 Å². The van der Waals surface area contributed by atoms with Gasteiger partial charge in [0.1, 0.15) is 0 Å². The first-order chi connectivity index (χ1) is 17.2. The first-order valence-corrected chi connectivity index (χ1v) is 17.3. The van der Waals surface area contributed by atoms with Gasteiger partial charge in [-0.3, -0.25) is 0 Å². The van der Waals surface area contributed by atoms with Gasteiger partial charge >= 0.3 is 227 Å². The predicted octanol–water partition coefficient (Wildman–Crippen LogP) is 9.71. The van der Waals surface area contributed by atoms with Crippen LogP contribution in [0.25, 0.3) is 0 Å². The van der Waals surface area contributed by atoms with Gasteiger partial charge in [0.05, 0.1) is 0 Å². The van der Waals surface area contributed by atoms with E-state index in [1.54, 1.807) is 36.4 Å². The molecule has 4 rings (SSSR count). The van der Waals surface area contributed by atoms with Gasteiger partial charge in [-0.2, -0.15) is 0 Å². The van der Waals surface area contributed by atoms with Crippen molar-refractivity contribution in [2.24, 2.45) is 10.8 Å². The van der Waals surface area contributed by atoms with Crippen molar-refractivity contribution >= 4 is 0 Å². The Bertz CT molecular complexity index is 1300. The fourth-order valence-electron chi connectivity index (χ4n) is 6.22. The Hall–Kier alpha value is -2.26. The number of para-hydroxylation sites is 2. The van der Waals surface area contributed by atoms with Crippen LogP contribution in [0.1, 0.15) is 69.2 Å². The topological polar surface area (TPSA) is 18.5 Å². The van der Waals surface area contributed by atoms with Crippen LogP contribution in [0.15, 0.2) is 88.5 Å². The number of hydrogen-bond acceptors (Lipinski definition) is 2. The van der Waals surface area contributed by atoms with Gasteiger partial charge in [-0.1, -0.05) is 0 Å². The van der Waals surface area contributed by atoms with Crippen LogP contribution in [0.4, 0.5) is 8.78 Å². The predicted molar refractivity (Wildman–Crippen MR) is 144 cm³/mol. The molecule has 0 aromatic heterocycles. The molecule has 196 valence electrons. The third-order valence-corrected chi connectivity index (χ3v) is 19.6. The summed E-state index contributed by atoms with van der Waals surface area (Å²) >= 11 is -4.98. The summed E-state index contributed by atoms with van der Waals surface area (Å²) in [6.45, 7) is 21.5. The molecule has 37 heavy (non-hydrogen) atoms. The van der Waals surface area contributed by atoms with E-state index in [0.29, 0.717) is 0 Å². The molecule has 0 bridgehead atoms. The minimum absolute atomic E-state index is 0.145. The zero-order chi connectivity index (χ0) is 27.5. The number of rotatable bonds is 6. The summed E-state index contributed by atoms with van der Waals surface area (Å²) in [5, 5.41) is 0. The van der Waals surface area contributed by atoms with E-state index in [4.69, 9.17) is 5.63 Å². The second-order valence-corrected chi connectivity index (χ2v) is 17.9. The van der Waals surface area contributed by atoms with Gasteiger partial charge in [0.15, 0.2) is 0 Å². The van der Waals surface area contributed by atoms with E-state index in [-0.39, 0.29) is 11.5 Å². The summed E-state index contributed by atoms with van der Waals surface area (Å²) in [6.07, 6.45) is 0. The molecule has 0 N–H and O–H groups in total. The molecule has 0 unspecified atom stereocenters. The van der Waals surface area contributed by atoms with Gasteiger partial charge in [-0.15, -0.1) is 0 Å². The van der Waals surface area contributed by atoms with Gasteiger partial charge in [0, 0.05) is 0 Å². The second-order valence-electron chi connectivity index (χ2n) is 11.4. The Balaban J connectivity index is 2.16. The maximum absolute atomic E-state index is 15.3. The van der Waals surface area contributed by atoms with Crippen LogP contribution in [0.2, 0.25) is 0 Å². The van der Waals surface area contributed by atoms with Crippen molar-refractivity contribution < 1.29 is 35.6 Å². The summed E-state index contributed by atoms with van der Waals surface area (Å²) in [7, 11) is 0. The van der Waals surface area contributed by atoms with Crippen molar-refractivity contribution in [3.05, 3.63) is 100 Å². The third kappa shape index (κ3) is 4.22. The first kappa shape index (κ1) is 27.8. The SMILES string of the molecule is CC1=C(C)C(C)(C)[C]([Zr]([O]c2ccccc2F)([O]c2ccccc2F)[C]2=C(C)C(C)=C(C)C2(C)C)=C1C. The third-order valence-electron chi connectivity index (χ3n) is 8.96. The summed E-state index contributed by atoms with van der Waals surface area (Å²) in [5.74, 6) is -0.615. The summed E-state index contributed by atoms with van der Waals surface area (Å²) in [4.78, 5) is 0. The van der Waals surface area contributed by atoms with Crippen molar-refractivity contribution in [3.8, 4) is 11.5 Å². The summed E-state index contributed by atoms with van der Waals surface area (Å²) in [6, 6.07) is 13.0. The van der Waals surface area contributed by atoms with E-state index >= 15 is 8.78 Å². The summed E-state index contributed by atoms with van der Waals surface area (Å²) in [5.41, 5.74) is 6.21.